The van der Waals surface area contributed by atoms with Crippen molar-refractivity contribution in [3.63, 3.8) is 0 Å². The van der Waals surface area contributed by atoms with Crippen LogP contribution in [0.25, 0.3) is 22.3 Å². The van der Waals surface area contributed by atoms with Crippen molar-refractivity contribution in [2.75, 3.05) is 7.11 Å². The van der Waals surface area contributed by atoms with Crippen LogP contribution in [0.4, 0.5) is 16.9 Å². The maximum atomic E-state index is 9.93. The number of halogens is 6. The van der Waals surface area contributed by atoms with Gasteiger partial charge in [-0.3, -0.25) is 0 Å². The number of ether oxygens (including phenoxy) is 1. The summed E-state index contributed by atoms with van der Waals surface area (Å²) in [5.74, 6) is 0.901. The first kappa shape index (κ1) is 24.2. The predicted molar refractivity (Wildman–Crippen MR) is 108 cm³/mol. The van der Waals surface area contributed by atoms with E-state index in [0.717, 1.165) is 11.3 Å². The Kier molecular flexibility index (Phi) is 7.18. The first-order chi connectivity index (χ1) is 12.3. The summed E-state index contributed by atoms with van der Waals surface area (Å²) in [5.41, 5.74) is 4.70. The van der Waals surface area contributed by atoms with E-state index in [4.69, 9.17) is 4.74 Å². The molecule has 9 heteroatoms. The van der Waals surface area contributed by atoms with Crippen LogP contribution >= 0.6 is 13.5 Å². The van der Waals surface area contributed by atoms with Gasteiger partial charge in [0.05, 0.1) is 7.11 Å². The Labute approximate surface area is 169 Å². The summed E-state index contributed by atoms with van der Waals surface area (Å²) in [5, 5.41) is 0. The maximum absolute atomic E-state index is 11.2. The van der Waals surface area contributed by atoms with Crippen LogP contribution in [0.2, 0.25) is 0 Å². The predicted octanol–water partition coefficient (Wildman–Crippen LogP) is 7.39. The van der Waals surface area contributed by atoms with Crippen molar-refractivity contribution in [3.05, 3.63) is 78.9 Å². The summed E-state index contributed by atoms with van der Waals surface area (Å²) < 4.78 is 65.1. The minimum Gasteiger partial charge on any atom is 1.00 e. The largest absolute Gasteiger partial charge is 1.00 e. The van der Waals surface area contributed by atoms with Crippen LogP contribution in [-0.2, 0) is 0 Å². The van der Waals surface area contributed by atoms with Gasteiger partial charge in [0, 0.05) is 5.56 Å². The third-order valence-electron chi connectivity index (χ3n) is 3.39. The van der Waals surface area contributed by atoms with E-state index in [-0.39, 0.29) is 14.9 Å². The zero-order chi connectivity index (χ0) is 20.2. The van der Waals surface area contributed by atoms with Gasteiger partial charge in [-0.05, 0) is 22.8 Å². The molecule has 0 aromatic heterocycles. The van der Waals surface area contributed by atoms with Crippen molar-refractivity contribution < 1.29 is 23.0 Å². The molecule has 3 aromatic carbocycles. The second-order valence-corrected chi connectivity index (χ2v) is 11.0. The number of methoxy groups -OCH3 is 1. The Morgan fingerprint density at radius 2 is 1.07 bits per heavy atom. The second kappa shape index (κ2) is 8.29. The van der Waals surface area contributed by atoms with Gasteiger partial charge in [-0.1, -0.05) is 72.8 Å². The molecule has 0 aliphatic heterocycles. The van der Waals surface area contributed by atoms with Crippen LogP contribution in [0.3, 0.4) is 0 Å². The Balaban J connectivity index is 0.000000761. The van der Waals surface area contributed by atoms with Gasteiger partial charge in [0.15, 0.2) is 0 Å². The first-order valence-corrected chi connectivity index (χ1v) is 13.5. The van der Waals surface area contributed by atoms with Gasteiger partial charge in [0.2, 0.25) is 0 Å². The summed E-state index contributed by atoms with van der Waals surface area (Å²) in [6, 6.07) is 27.0. The Morgan fingerprint density at radius 1 is 0.643 bits per heavy atom. The zero-order valence-electron chi connectivity index (χ0n) is 15.6. The quantitative estimate of drug-likeness (QED) is 0.253. The Morgan fingerprint density at radius 3 is 1.50 bits per heavy atom. The van der Waals surface area contributed by atoms with Gasteiger partial charge in [-0.25, -0.2) is 0 Å². The van der Waals surface area contributed by atoms with E-state index in [0.29, 0.717) is 0 Å². The molecule has 0 spiro atoms. The van der Waals surface area contributed by atoms with E-state index in [1.165, 1.54) is 16.7 Å². The van der Waals surface area contributed by atoms with Crippen LogP contribution in [0.5, 0.6) is 5.75 Å². The monoisotopic (exact) mass is 530 g/mol. The number of hydrogen-bond donors (Lipinski definition) is 0. The average molecular weight is 531 g/mol. The van der Waals surface area contributed by atoms with Gasteiger partial charge >= 0.3 is 37.8 Å². The molecule has 0 unspecified atom stereocenters. The van der Waals surface area contributed by atoms with E-state index in [9.17, 15) is 16.9 Å². The van der Waals surface area contributed by atoms with Crippen LogP contribution in [-0.4, -0.2) is 26.6 Å². The van der Waals surface area contributed by atoms with Gasteiger partial charge in [-0.2, -0.15) is 13.5 Å². The van der Waals surface area contributed by atoms with Crippen LogP contribution < -0.4 is 4.74 Å². The molecular weight excluding hydrogens is 512 g/mol. The summed E-state index contributed by atoms with van der Waals surface area (Å²) in [6.45, 7) is 0. The summed E-state index contributed by atoms with van der Waals surface area (Å²) in [6.07, 6.45) is 0. The fourth-order valence-electron chi connectivity index (χ4n) is 2.46. The van der Waals surface area contributed by atoms with Crippen LogP contribution in [0, 0.1) is 0 Å². The molecular formula is C19H19F6OSSb. The molecule has 3 rings (SSSR count). The van der Waals surface area contributed by atoms with E-state index in [2.05, 4.69) is 54.6 Å². The molecule has 0 atom stereocenters. The Hall–Kier alpha value is -1.79. The summed E-state index contributed by atoms with van der Waals surface area (Å²) >= 11 is -11.2. The van der Waals surface area contributed by atoms with E-state index >= 15 is 0 Å². The van der Waals surface area contributed by atoms with Gasteiger partial charge in [0.25, 0.3) is 0 Å². The summed E-state index contributed by atoms with van der Waals surface area (Å²) in [7, 11) is 1.72. The number of benzene rings is 3. The van der Waals surface area contributed by atoms with E-state index in [1.54, 1.807) is 7.11 Å². The third kappa shape index (κ3) is 8.93. The number of hydrogen-bond acceptors (Lipinski definition) is 1. The topological polar surface area (TPSA) is 9.23 Å². The van der Waals surface area contributed by atoms with Gasteiger partial charge < -0.3 is 4.74 Å². The molecule has 154 valence electrons. The van der Waals surface area contributed by atoms with Crippen molar-refractivity contribution in [2.45, 2.75) is 0 Å². The molecule has 28 heavy (non-hydrogen) atoms. The van der Waals surface area contributed by atoms with Crippen LogP contribution in [0.15, 0.2) is 78.9 Å². The summed E-state index contributed by atoms with van der Waals surface area (Å²) in [4.78, 5) is 0. The fourth-order valence-corrected chi connectivity index (χ4v) is 2.46. The molecule has 0 heterocycles. The minimum atomic E-state index is -11.2. The van der Waals surface area contributed by atoms with Gasteiger partial charge in [0.1, 0.15) is 5.75 Å². The Bertz CT molecular complexity index is 895. The van der Waals surface area contributed by atoms with Gasteiger partial charge in [-0.15, -0.1) is 0 Å². The third-order valence-corrected chi connectivity index (χ3v) is 3.39. The second-order valence-electron chi connectivity index (χ2n) is 5.57. The number of rotatable bonds is 3. The molecule has 0 saturated heterocycles. The molecule has 0 N–H and O–H groups in total. The maximum Gasteiger partial charge on any atom is 1.00 e. The van der Waals surface area contributed by atoms with Crippen molar-refractivity contribution in [3.8, 4) is 28.0 Å². The smallest absolute Gasteiger partial charge is 1.00 e. The molecule has 1 nitrogen and oxygen atoms in total. The minimum absolute atomic E-state index is 0. The fraction of sp³-hybridized carbons (Fsp3) is 0.0526. The molecule has 0 saturated carbocycles. The van der Waals surface area contributed by atoms with E-state index < -0.39 is 19.5 Å². The van der Waals surface area contributed by atoms with E-state index in [1.807, 2.05) is 24.3 Å². The molecule has 0 aliphatic rings. The molecule has 0 aliphatic carbocycles. The van der Waals surface area contributed by atoms with Crippen molar-refractivity contribution in [1.29, 1.82) is 0 Å². The van der Waals surface area contributed by atoms with Crippen LogP contribution in [0.1, 0.15) is 1.43 Å². The molecule has 0 fully saturated rings. The molecule has 0 radical (unpaired) electrons. The van der Waals surface area contributed by atoms with Crippen molar-refractivity contribution in [2.24, 2.45) is 0 Å². The normalized spacial score (nSPS) is 13.1. The zero-order valence-corrected chi connectivity index (χ0v) is 18.2. The molecule has 3 aromatic rings. The van der Waals surface area contributed by atoms with Crippen molar-refractivity contribution in [1.82, 2.24) is 0 Å². The SMILES string of the molecule is COc1cccc(-c2ccccc2)c1-c1ccccc1.S.[F][Sb-]([F])([F])([F])([F])[F].[H+]. The molecule has 0 amide bonds. The molecule has 0 bridgehead atoms. The average Bonchev–Trinajstić information content (AvgIpc) is 2.60. The standard InChI is InChI=1S/C19H16O.6FH.H2S.Sb/c1-20-18-14-8-13-17(15-9-4-2-5-10-15)19(18)16-11-6-3-7-12-16;;;;;;;;/h2-14H,1H3;6*1H;1H2;/q;;;;;;;;+5/p-5. The first-order valence-electron chi connectivity index (χ1n) is 7.69. The van der Waals surface area contributed by atoms with Crippen molar-refractivity contribution >= 4 is 33.0 Å².